The third-order valence-electron chi connectivity index (χ3n) is 7.82. The Hall–Kier alpha value is -3.81. The van der Waals surface area contributed by atoms with Crippen molar-refractivity contribution >= 4 is 46.7 Å². The van der Waals surface area contributed by atoms with Crippen molar-refractivity contribution in [2.24, 2.45) is 0 Å². The number of halogens is 2. The van der Waals surface area contributed by atoms with E-state index in [9.17, 15) is 14.4 Å². The summed E-state index contributed by atoms with van der Waals surface area (Å²) in [7, 11) is 0. The highest BCUT2D eigenvalue weighted by molar-refractivity contribution is 6.31. The number of ether oxygens (including phenoxy) is 1. The fraction of sp³-hybridized carbons (Fsp3) is 0.303. The summed E-state index contributed by atoms with van der Waals surface area (Å²) < 4.78 is 5.40. The number of anilines is 1. The Morgan fingerprint density at radius 2 is 1.60 bits per heavy atom. The molecule has 9 heteroatoms. The first-order valence-corrected chi connectivity index (χ1v) is 14.8. The van der Waals surface area contributed by atoms with Crippen LogP contribution in [0.15, 0.2) is 84.1 Å². The van der Waals surface area contributed by atoms with Crippen molar-refractivity contribution in [3.63, 3.8) is 0 Å². The van der Waals surface area contributed by atoms with Gasteiger partial charge in [-0.25, -0.2) is 4.79 Å². The van der Waals surface area contributed by atoms with Crippen LogP contribution in [-0.2, 0) is 20.9 Å². The Morgan fingerprint density at radius 3 is 2.29 bits per heavy atom. The molecule has 7 nitrogen and oxygen atoms in total. The standard InChI is InChI=1S/C33H33Cl2N3O4/c1-3-42-33(41)31-22(2)38(30(39)20-29(31)24-8-5-10-26(34)18-24)21-23-7-4-9-25(17-23)32(40)37-15-13-36(14-16-37)28-12-6-11-27(35)19-28/h4-12,17-19,29H,3,13-16,20-21H2,1-2H3. The number of allylic oxidation sites excluding steroid dienone is 1. The van der Waals surface area contributed by atoms with Crippen molar-refractivity contribution < 1.29 is 19.1 Å². The van der Waals surface area contributed by atoms with Gasteiger partial charge in [0.15, 0.2) is 0 Å². The molecule has 2 aliphatic heterocycles. The molecule has 42 heavy (non-hydrogen) atoms. The summed E-state index contributed by atoms with van der Waals surface area (Å²) in [5, 5.41) is 1.23. The summed E-state index contributed by atoms with van der Waals surface area (Å²) in [5.41, 5.74) is 4.20. The smallest absolute Gasteiger partial charge is 0.336 e. The second kappa shape index (κ2) is 13.0. The first-order valence-electron chi connectivity index (χ1n) is 14.1. The molecule has 1 fully saturated rings. The molecule has 1 unspecified atom stereocenters. The first kappa shape index (κ1) is 29.7. The highest BCUT2D eigenvalue weighted by Crippen LogP contribution is 2.38. The summed E-state index contributed by atoms with van der Waals surface area (Å²) in [5.74, 6) is -1.06. The first-order chi connectivity index (χ1) is 20.2. The number of hydrogen-bond donors (Lipinski definition) is 0. The second-order valence-electron chi connectivity index (χ2n) is 10.5. The molecule has 1 atom stereocenters. The molecule has 2 heterocycles. The molecule has 0 aromatic heterocycles. The third kappa shape index (κ3) is 6.48. The van der Waals surface area contributed by atoms with Crippen molar-refractivity contribution in [2.75, 3.05) is 37.7 Å². The predicted octanol–water partition coefficient (Wildman–Crippen LogP) is 6.31. The van der Waals surface area contributed by atoms with Crippen LogP contribution in [0.1, 0.15) is 47.7 Å². The molecule has 0 spiro atoms. The van der Waals surface area contributed by atoms with Gasteiger partial charge in [0.1, 0.15) is 0 Å². The summed E-state index contributed by atoms with van der Waals surface area (Å²) in [6.45, 7) is 6.60. The van der Waals surface area contributed by atoms with E-state index in [1.807, 2.05) is 59.5 Å². The van der Waals surface area contributed by atoms with E-state index in [4.69, 9.17) is 27.9 Å². The van der Waals surface area contributed by atoms with E-state index in [-0.39, 0.29) is 31.4 Å². The molecular weight excluding hydrogens is 573 g/mol. The van der Waals surface area contributed by atoms with Crippen molar-refractivity contribution in [1.82, 2.24) is 9.80 Å². The predicted molar refractivity (Wildman–Crippen MR) is 165 cm³/mol. The normalized spacial score (nSPS) is 17.5. The second-order valence-corrected chi connectivity index (χ2v) is 11.3. The number of nitrogens with zero attached hydrogens (tertiary/aromatic N) is 3. The van der Waals surface area contributed by atoms with Crippen LogP contribution >= 0.6 is 23.2 Å². The SMILES string of the molecule is CCOC(=O)C1=C(C)N(Cc2cccc(C(=O)N3CCN(c4cccc(Cl)c4)CC3)c2)C(=O)CC1c1cccc(Cl)c1. The van der Waals surface area contributed by atoms with Gasteiger partial charge in [0.05, 0.1) is 18.7 Å². The minimum absolute atomic E-state index is 0.0481. The Balaban J connectivity index is 1.33. The lowest BCUT2D eigenvalue weighted by Gasteiger charge is -2.36. The fourth-order valence-corrected chi connectivity index (χ4v) is 6.08. The lowest BCUT2D eigenvalue weighted by Crippen LogP contribution is -2.48. The van der Waals surface area contributed by atoms with Gasteiger partial charge in [-0.2, -0.15) is 0 Å². The van der Waals surface area contributed by atoms with Gasteiger partial charge in [0.25, 0.3) is 5.91 Å². The van der Waals surface area contributed by atoms with Crippen molar-refractivity contribution in [3.05, 3.63) is 111 Å². The number of rotatable bonds is 7. The van der Waals surface area contributed by atoms with Gasteiger partial charge >= 0.3 is 5.97 Å². The number of carbonyl (C=O) groups excluding carboxylic acids is 3. The molecule has 3 aromatic rings. The number of esters is 1. The van der Waals surface area contributed by atoms with Crippen LogP contribution in [0.2, 0.25) is 10.0 Å². The van der Waals surface area contributed by atoms with E-state index >= 15 is 0 Å². The average Bonchev–Trinajstić information content (AvgIpc) is 2.99. The third-order valence-corrected chi connectivity index (χ3v) is 8.29. The molecule has 2 aliphatic rings. The maximum atomic E-state index is 13.5. The molecule has 0 bridgehead atoms. The van der Waals surface area contributed by atoms with E-state index in [0.29, 0.717) is 53.1 Å². The van der Waals surface area contributed by atoms with Crippen LogP contribution in [0.4, 0.5) is 5.69 Å². The van der Waals surface area contributed by atoms with Gasteiger partial charge in [0.2, 0.25) is 5.91 Å². The van der Waals surface area contributed by atoms with Crippen LogP contribution in [-0.4, -0.2) is 60.4 Å². The number of carbonyl (C=O) groups is 3. The van der Waals surface area contributed by atoms with Crippen molar-refractivity contribution in [2.45, 2.75) is 32.7 Å². The van der Waals surface area contributed by atoms with Gasteiger partial charge in [-0.15, -0.1) is 0 Å². The van der Waals surface area contributed by atoms with Gasteiger partial charge in [0, 0.05) is 65.5 Å². The largest absolute Gasteiger partial charge is 0.463 e. The van der Waals surface area contributed by atoms with E-state index in [1.165, 1.54) is 0 Å². The van der Waals surface area contributed by atoms with Crippen LogP contribution in [0.25, 0.3) is 0 Å². The lowest BCUT2D eigenvalue weighted by molar-refractivity contribution is -0.140. The maximum Gasteiger partial charge on any atom is 0.336 e. The fourth-order valence-electron chi connectivity index (χ4n) is 5.69. The van der Waals surface area contributed by atoms with E-state index in [2.05, 4.69) is 4.90 Å². The molecule has 1 saturated heterocycles. The summed E-state index contributed by atoms with van der Waals surface area (Å²) in [6, 6.07) is 22.3. The number of piperazine rings is 1. The van der Waals surface area contributed by atoms with Gasteiger partial charge < -0.3 is 19.4 Å². The van der Waals surface area contributed by atoms with E-state index < -0.39 is 11.9 Å². The van der Waals surface area contributed by atoms with Crippen LogP contribution in [0, 0.1) is 0 Å². The molecule has 0 aliphatic carbocycles. The summed E-state index contributed by atoms with van der Waals surface area (Å²) in [4.78, 5) is 45.7. The lowest BCUT2D eigenvalue weighted by atomic mass is 9.83. The number of benzene rings is 3. The monoisotopic (exact) mass is 605 g/mol. The zero-order valence-corrected chi connectivity index (χ0v) is 25.2. The average molecular weight is 607 g/mol. The minimum atomic E-state index is -0.454. The topological polar surface area (TPSA) is 70.2 Å². The van der Waals surface area contributed by atoms with Crippen molar-refractivity contribution in [3.8, 4) is 0 Å². The zero-order valence-electron chi connectivity index (χ0n) is 23.7. The zero-order chi connectivity index (χ0) is 29.8. The van der Waals surface area contributed by atoms with Gasteiger partial charge in [-0.3, -0.25) is 9.59 Å². The number of amides is 2. The maximum absolute atomic E-state index is 13.5. The van der Waals surface area contributed by atoms with E-state index in [0.717, 1.165) is 16.8 Å². The molecule has 3 aromatic carbocycles. The van der Waals surface area contributed by atoms with Crippen LogP contribution in [0.5, 0.6) is 0 Å². The Kier molecular flexibility index (Phi) is 9.19. The quantitative estimate of drug-likeness (QED) is 0.295. The molecule has 5 rings (SSSR count). The van der Waals surface area contributed by atoms with Gasteiger partial charge in [-0.05, 0) is 67.4 Å². The molecule has 0 N–H and O–H groups in total. The molecule has 2 amide bonds. The molecule has 218 valence electrons. The highest BCUT2D eigenvalue weighted by atomic mass is 35.5. The van der Waals surface area contributed by atoms with Crippen molar-refractivity contribution in [1.29, 1.82) is 0 Å². The molecule has 0 saturated carbocycles. The van der Waals surface area contributed by atoms with E-state index in [1.54, 1.807) is 36.9 Å². The minimum Gasteiger partial charge on any atom is -0.463 e. The molecule has 0 radical (unpaired) electrons. The number of hydrogen-bond acceptors (Lipinski definition) is 5. The molecular formula is C33H33Cl2N3O4. The Morgan fingerprint density at radius 1 is 0.905 bits per heavy atom. The Labute approximate surface area is 256 Å². The highest BCUT2D eigenvalue weighted by Gasteiger charge is 2.37. The van der Waals surface area contributed by atoms with Crippen LogP contribution in [0.3, 0.4) is 0 Å². The van der Waals surface area contributed by atoms with Gasteiger partial charge in [-0.1, -0.05) is 53.5 Å². The van der Waals surface area contributed by atoms with Crippen LogP contribution < -0.4 is 4.90 Å². The Bertz CT molecular complexity index is 1530. The summed E-state index contributed by atoms with van der Waals surface area (Å²) in [6.07, 6.45) is 0.112. The summed E-state index contributed by atoms with van der Waals surface area (Å²) >= 11 is 12.4.